The van der Waals surface area contributed by atoms with E-state index in [-0.39, 0.29) is 5.97 Å². The quantitative estimate of drug-likeness (QED) is 0.420. The molecule has 0 N–H and O–H groups in total. The first-order chi connectivity index (χ1) is 8.24. The smallest absolute Gasteiger partial charge is 0.338 e. The lowest BCUT2D eigenvalue weighted by Crippen LogP contribution is -2.02. The highest BCUT2D eigenvalue weighted by molar-refractivity contribution is 5.88. The zero-order valence-electron chi connectivity index (χ0n) is 10.2. The third kappa shape index (κ3) is 5.16. The molecule has 0 aliphatic heterocycles. The number of benzene rings is 1. The van der Waals surface area contributed by atoms with Crippen LogP contribution in [0, 0.1) is 0 Å². The molecule has 1 aromatic rings. The van der Waals surface area contributed by atoms with E-state index in [1.807, 2.05) is 30.3 Å². The first-order valence-electron chi connectivity index (χ1n) is 5.84. The summed E-state index contributed by atoms with van der Waals surface area (Å²) in [4.78, 5) is 11.5. The number of hydrogen-bond acceptors (Lipinski definition) is 2. The summed E-state index contributed by atoms with van der Waals surface area (Å²) in [6.07, 6.45) is 5.89. The molecule has 0 saturated heterocycles. The Balaban J connectivity index is 2.38. The summed E-state index contributed by atoms with van der Waals surface area (Å²) in [7, 11) is 0. The third-order valence-electron chi connectivity index (χ3n) is 2.36. The van der Waals surface area contributed by atoms with Crippen LogP contribution in [0.4, 0.5) is 0 Å². The third-order valence-corrected chi connectivity index (χ3v) is 2.36. The van der Waals surface area contributed by atoms with Crippen LogP contribution in [0.25, 0.3) is 6.08 Å². The summed E-state index contributed by atoms with van der Waals surface area (Å²) < 4.78 is 4.99. The van der Waals surface area contributed by atoms with Crippen LogP contribution in [0.1, 0.15) is 31.7 Å². The fraction of sp³-hybridized carbons (Fsp3) is 0.267. The van der Waals surface area contributed by atoms with E-state index < -0.39 is 0 Å². The van der Waals surface area contributed by atoms with E-state index in [0.717, 1.165) is 18.4 Å². The first-order valence-corrected chi connectivity index (χ1v) is 5.84. The van der Waals surface area contributed by atoms with Gasteiger partial charge in [-0.1, -0.05) is 50.3 Å². The van der Waals surface area contributed by atoms with E-state index in [4.69, 9.17) is 4.74 Å². The van der Waals surface area contributed by atoms with E-state index in [9.17, 15) is 4.79 Å². The van der Waals surface area contributed by atoms with Gasteiger partial charge in [-0.05, 0) is 24.5 Å². The van der Waals surface area contributed by atoms with E-state index in [0.29, 0.717) is 12.0 Å². The molecular weight excluding hydrogens is 212 g/mol. The van der Waals surface area contributed by atoms with Gasteiger partial charge in [0.25, 0.3) is 0 Å². The molecule has 0 unspecified atom stereocenters. The number of hydrogen-bond donors (Lipinski definition) is 0. The number of esters is 1. The van der Waals surface area contributed by atoms with Gasteiger partial charge in [0.1, 0.15) is 0 Å². The molecule has 0 aliphatic carbocycles. The molecule has 0 bridgehead atoms. The highest BCUT2D eigenvalue weighted by Crippen LogP contribution is 2.08. The van der Waals surface area contributed by atoms with Crippen molar-refractivity contribution in [1.82, 2.24) is 0 Å². The monoisotopic (exact) mass is 230 g/mol. The van der Waals surface area contributed by atoms with Crippen molar-refractivity contribution >= 4 is 12.0 Å². The van der Waals surface area contributed by atoms with Crippen LogP contribution >= 0.6 is 0 Å². The highest BCUT2D eigenvalue weighted by atomic mass is 16.5. The maximum atomic E-state index is 11.5. The van der Waals surface area contributed by atoms with Gasteiger partial charge in [-0.2, -0.15) is 0 Å². The molecule has 1 aromatic carbocycles. The zero-order valence-corrected chi connectivity index (χ0v) is 10.2. The van der Waals surface area contributed by atoms with Crippen molar-refractivity contribution in [1.29, 1.82) is 0 Å². The molecule has 0 spiro atoms. The Morgan fingerprint density at radius 2 is 2.06 bits per heavy atom. The van der Waals surface area contributed by atoms with Crippen molar-refractivity contribution in [2.75, 3.05) is 0 Å². The molecule has 0 heterocycles. The minimum absolute atomic E-state index is 0.342. The van der Waals surface area contributed by atoms with Crippen LogP contribution in [0.2, 0.25) is 0 Å². The lowest BCUT2D eigenvalue weighted by molar-refractivity contribution is -0.133. The Kier molecular flexibility index (Phi) is 5.80. The molecule has 17 heavy (non-hydrogen) atoms. The Bertz CT molecular complexity index is 391. The topological polar surface area (TPSA) is 26.3 Å². The van der Waals surface area contributed by atoms with Crippen LogP contribution in [-0.2, 0) is 9.53 Å². The molecule has 0 aliphatic rings. The van der Waals surface area contributed by atoms with Gasteiger partial charge in [0, 0.05) is 5.57 Å². The lowest BCUT2D eigenvalue weighted by Gasteiger charge is -2.01. The van der Waals surface area contributed by atoms with Gasteiger partial charge in [0.05, 0.1) is 6.26 Å². The van der Waals surface area contributed by atoms with Gasteiger partial charge in [0.2, 0.25) is 0 Å². The largest absolute Gasteiger partial charge is 0.431 e. The maximum absolute atomic E-state index is 11.5. The van der Waals surface area contributed by atoms with Crippen LogP contribution in [0.5, 0.6) is 0 Å². The molecule has 0 saturated carbocycles. The van der Waals surface area contributed by atoms with Crippen LogP contribution in [-0.4, -0.2) is 5.97 Å². The van der Waals surface area contributed by atoms with Gasteiger partial charge in [-0.15, -0.1) is 0 Å². The van der Waals surface area contributed by atoms with Gasteiger partial charge >= 0.3 is 5.97 Å². The highest BCUT2D eigenvalue weighted by Gasteiger charge is 2.05. The molecule has 0 fully saturated rings. The van der Waals surface area contributed by atoms with Gasteiger partial charge < -0.3 is 4.74 Å². The molecule has 2 nitrogen and oxygen atoms in total. The molecule has 1 rings (SSSR count). The molecular formula is C15H18O2. The first kappa shape index (κ1) is 13.2. The second-order valence-corrected chi connectivity index (χ2v) is 3.83. The van der Waals surface area contributed by atoms with Gasteiger partial charge in [0.15, 0.2) is 0 Å². The van der Waals surface area contributed by atoms with Crippen LogP contribution in [0.3, 0.4) is 0 Å². The fourth-order valence-electron chi connectivity index (χ4n) is 1.31. The molecule has 2 heteroatoms. The van der Waals surface area contributed by atoms with Crippen LogP contribution in [0.15, 0.2) is 48.7 Å². The summed E-state index contributed by atoms with van der Waals surface area (Å²) >= 11 is 0. The summed E-state index contributed by atoms with van der Waals surface area (Å²) in [5, 5.41) is 0. The number of unbranched alkanes of at least 4 members (excludes halogenated alkanes) is 1. The Hall–Kier alpha value is -1.83. The van der Waals surface area contributed by atoms with Gasteiger partial charge in [-0.25, -0.2) is 4.79 Å². The second-order valence-electron chi connectivity index (χ2n) is 3.83. The molecule has 0 aromatic heterocycles. The summed E-state index contributed by atoms with van der Waals surface area (Å²) in [5.74, 6) is -0.342. The predicted octanol–water partition coefficient (Wildman–Crippen LogP) is 3.95. The fourth-order valence-corrected chi connectivity index (χ4v) is 1.31. The number of rotatable bonds is 6. The Morgan fingerprint density at radius 1 is 1.35 bits per heavy atom. The van der Waals surface area contributed by atoms with Crippen molar-refractivity contribution in [2.45, 2.75) is 26.2 Å². The van der Waals surface area contributed by atoms with Crippen molar-refractivity contribution in [3.05, 3.63) is 54.3 Å². The van der Waals surface area contributed by atoms with Crippen molar-refractivity contribution in [2.24, 2.45) is 0 Å². The maximum Gasteiger partial charge on any atom is 0.338 e. The summed E-state index contributed by atoms with van der Waals surface area (Å²) in [6.45, 7) is 5.79. The molecule has 0 radical (unpaired) electrons. The van der Waals surface area contributed by atoms with Gasteiger partial charge in [-0.3, -0.25) is 0 Å². The van der Waals surface area contributed by atoms with E-state index in [1.165, 1.54) is 6.26 Å². The molecule has 0 amide bonds. The van der Waals surface area contributed by atoms with E-state index >= 15 is 0 Å². The summed E-state index contributed by atoms with van der Waals surface area (Å²) in [6, 6.07) is 9.69. The van der Waals surface area contributed by atoms with Crippen molar-refractivity contribution in [3.63, 3.8) is 0 Å². The predicted molar refractivity (Wildman–Crippen MR) is 70.2 cm³/mol. The number of carbonyl (C=O) groups excluding carboxylic acids is 1. The molecule has 0 atom stereocenters. The zero-order chi connectivity index (χ0) is 12.5. The minimum atomic E-state index is -0.342. The average Bonchev–Trinajstić information content (AvgIpc) is 2.37. The number of ether oxygens (including phenoxy) is 1. The van der Waals surface area contributed by atoms with Crippen molar-refractivity contribution < 1.29 is 9.53 Å². The van der Waals surface area contributed by atoms with E-state index in [2.05, 4.69) is 13.5 Å². The lowest BCUT2D eigenvalue weighted by atomic mass is 10.1. The normalized spacial score (nSPS) is 10.4. The Labute approximate surface area is 103 Å². The van der Waals surface area contributed by atoms with Crippen LogP contribution < -0.4 is 0 Å². The average molecular weight is 230 g/mol. The second kappa shape index (κ2) is 7.44. The minimum Gasteiger partial charge on any atom is -0.431 e. The molecule has 90 valence electrons. The number of carbonyl (C=O) groups is 1. The Morgan fingerprint density at radius 3 is 2.71 bits per heavy atom. The van der Waals surface area contributed by atoms with Crippen molar-refractivity contribution in [3.8, 4) is 0 Å². The SMILES string of the molecule is C=C(CCCC)C(=O)OC=Cc1ccccc1. The summed E-state index contributed by atoms with van der Waals surface area (Å²) in [5.41, 5.74) is 1.53. The standard InChI is InChI=1S/C15H18O2/c1-3-4-8-13(2)15(16)17-12-11-14-9-6-5-7-10-14/h5-7,9-12H,2-4,8H2,1H3. The van der Waals surface area contributed by atoms with E-state index in [1.54, 1.807) is 6.08 Å².